The summed E-state index contributed by atoms with van der Waals surface area (Å²) in [6.45, 7) is 1.15. The number of amides is 2. The van der Waals surface area contributed by atoms with Gasteiger partial charge in [-0.15, -0.1) is 10.2 Å². The minimum atomic E-state index is -0.312. The second kappa shape index (κ2) is 9.32. The molecule has 168 valence electrons. The molecule has 2 aromatic heterocycles. The zero-order valence-electron chi connectivity index (χ0n) is 17.7. The predicted molar refractivity (Wildman–Crippen MR) is 118 cm³/mol. The minimum Gasteiger partial charge on any atom is -0.339 e. The minimum absolute atomic E-state index is 0.0385. The monoisotopic (exact) mass is 456 g/mol. The van der Waals surface area contributed by atoms with Crippen LogP contribution in [0.15, 0.2) is 28.8 Å². The zero-order chi connectivity index (χ0) is 21.9. The van der Waals surface area contributed by atoms with E-state index in [0.29, 0.717) is 41.4 Å². The van der Waals surface area contributed by atoms with E-state index in [2.05, 4.69) is 25.7 Å². The summed E-state index contributed by atoms with van der Waals surface area (Å²) >= 11 is 1.48. The van der Waals surface area contributed by atoms with Gasteiger partial charge in [0, 0.05) is 24.6 Å². The lowest BCUT2D eigenvalue weighted by Gasteiger charge is -2.30. The maximum atomic E-state index is 13.2. The number of hydrogen-bond acceptors (Lipinski definition) is 7. The summed E-state index contributed by atoms with van der Waals surface area (Å²) in [6, 6.07) is 5.79. The van der Waals surface area contributed by atoms with Gasteiger partial charge in [0.25, 0.3) is 0 Å². The van der Waals surface area contributed by atoms with E-state index in [1.807, 2.05) is 0 Å². The highest BCUT2D eigenvalue weighted by Gasteiger charge is 2.29. The van der Waals surface area contributed by atoms with Crippen LogP contribution in [0.4, 0.5) is 14.3 Å². The Hall–Kier alpha value is -2.88. The summed E-state index contributed by atoms with van der Waals surface area (Å²) in [6.07, 6.45) is 7.77. The molecule has 3 heterocycles. The first-order valence-electron chi connectivity index (χ1n) is 11.1. The number of carbonyl (C=O) groups excluding carboxylic acids is 1. The van der Waals surface area contributed by atoms with Crippen molar-refractivity contribution in [3.63, 3.8) is 0 Å². The standard InChI is InChI=1S/C22H25FN6O2S/c23-17-10-8-14(9-11-17)18-24-19(31-28-18)16-7-4-12-29(13-16)22(30)25-21-27-26-20(32-21)15-5-2-1-3-6-15/h8-11,15-16H,1-7,12-13H2,(H,25,27,30). The first-order chi connectivity index (χ1) is 15.7. The van der Waals surface area contributed by atoms with Crippen LogP contribution in [0, 0.1) is 5.82 Å². The number of halogens is 1. The van der Waals surface area contributed by atoms with Gasteiger partial charge in [0.05, 0.1) is 5.92 Å². The molecule has 1 saturated heterocycles. The number of piperidine rings is 1. The molecule has 2 fully saturated rings. The van der Waals surface area contributed by atoms with E-state index in [1.54, 1.807) is 17.0 Å². The lowest BCUT2D eigenvalue weighted by atomic mass is 9.90. The topological polar surface area (TPSA) is 97.0 Å². The van der Waals surface area contributed by atoms with Gasteiger partial charge < -0.3 is 9.42 Å². The number of rotatable bonds is 4. The Balaban J connectivity index is 1.21. The Morgan fingerprint density at radius 1 is 1.06 bits per heavy atom. The molecule has 5 rings (SSSR count). The van der Waals surface area contributed by atoms with E-state index in [9.17, 15) is 9.18 Å². The average molecular weight is 457 g/mol. The van der Waals surface area contributed by atoms with Crippen LogP contribution in [0.5, 0.6) is 0 Å². The third kappa shape index (κ3) is 4.64. The van der Waals surface area contributed by atoms with Crippen molar-refractivity contribution < 1.29 is 13.7 Å². The normalized spacial score (nSPS) is 19.8. The van der Waals surface area contributed by atoms with Gasteiger partial charge in [-0.2, -0.15) is 4.98 Å². The van der Waals surface area contributed by atoms with Crippen LogP contribution in [0.1, 0.15) is 67.7 Å². The SMILES string of the molecule is O=C(Nc1nnc(C2CCCCC2)s1)N1CCCC(c2nc(-c3ccc(F)cc3)no2)C1. The second-order valence-corrected chi connectivity index (χ2v) is 9.47. The number of likely N-dealkylation sites (tertiary alicyclic amines) is 1. The van der Waals surface area contributed by atoms with Crippen LogP contribution in [-0.4, -0.2) is 44.4 Å². The van der Waals surface area contributed by atoms with Gasteiger partial charge in [-0.1, -0.05) is 35.8 Å². The highest BCUT2D eigenvalue weighted by atomic mass is 32.1. The average Bonchev–Trinajstić information content (AvgIpc) is 3.51. The highest BCUT2D eigenvalue weighted by molar-refractivity contribution is 7.15. The lowest BCUT2D eigenvalue weighted by molar-refractivity contribution is 0.184. The van der Waals surface area contributed by atoms with Gasteiger partial charge in [-0.25, -0.2) is 9.18 Å². The number of nitrogens with one attached hydrogen (secondary N) is 1. The molecule has 1 saturated carbocycles. The molecule has 2 aliphatic rings. The van der Waals surface area contributed by atoms with E-state index in [-0.39, 0.29) is 17.8 Å². The number of aromatic nitrogens is 4. The maximum absolute atomic E-state index is 13.2. The summed E-state index contributed by atoms with van der Waals surface area (Å²) in [4.78, 5) is 19.1. The quantitative estimate of drug-likeness (QED) is 0.581. The number of benzene rings is 1. The molecular formula is C22H25FN6O2S. The molecule has 2 amide bonds. The Morgan fingerprint density at radius 3 is 2.66 bits per heavy atom. The summed E-state index contributed by atoms with van der Waals surface area (Å²) < 4.78 is 18.6. The highest BCUT2D eigenvalue weighted by Crippen LogP contribution is 2.35. The van der Waals surface area contributed by atoms with Gasteiger partial charge in [-0.3, -0.25) is 5.32 Å². The molecule has 0 bridgehead atoms. The Labute approximate surface area is 189 Å². The van der Waals surface area contributed by atoms with Crippen molar-refractivity contribution in [2.24, 2.45) is 0 Å². The Morgan fingerprint density at radius 2 is 1.84 bits per heavy atom. The van der Waals surface area contributed by atoms with Crippen LogP contribution in [0.25, 0.3) is 11.4 Å². The van der Waals surface area contributed by atoms with Crippen molar-refractivity contribution >= 4 is 22.5 Å². The molecule has 1 unspecified atom stereocenters. The summed E-state index contributed by atoms with van der Waals surface area (Å²) in [5.41, 5.74) is 0.692. The van der Waals surface area contributed by atoms with E-state index in [0.717, 1.165) is 30.7 Å². The van der Waals surface area contributed by atoms with Gasteiger partial charge in [0.1, 0.15) is 10.8 Å². The molecule has 1 aromatic carbocycles. The van der Waals surface area contributed by atoms with Crippen molar-refractivity contribution in [2.45, 2.75) is 56.8 Å². The van der Waals surface area contributed by atoms with Gasteiger partial charge in [0.15, 0.2) is 0 Å². The molecule has 10 heteroatoms. The number of urea groups is 1. The van der Waals surface area contributed by atoms with Gasteiger partial charge in [0.2, 0.25) is 16.8 Å². The fraction of sp³-hybridized carbons (Fsp3) is 0.500. The lowest BCUT2D eigenvalue weighted by Crippen LogP contribution is -2.41. The molecule has 0 spiro atoms. The van der Waals surface area contributed by atoms with Crippen molar-refractivity contribution in [3.05, 3.63) is 41.0 Å². The van der Waals surface area contributed by atoms with Crippen LogP contribution in [-0.2, 0) is 0 Å². The molecule has 1 aliphatic carbocycles. The molecule has 3 aromatic rings. The number of carbonyl (C=O) groups is 1. The fourth-order valence-corrected chi connectivity index (χ4v) is 5.35. The van der Waals surface area contributed by atoms with Crippen molar-refractivity contribution in [1.82, 2.24) is 25.2 Å². The van der Waals surface area contributed by atoms with E-state index in [4.69, 9.17) is 4.52 Å². The third-order valence-corrected chi connectivity index (χ3v) is 7.21. The smallest absolute Gasteiger partial charge is 0.323 e. The summed E-state index contributed by atoms with van der Waals surface area (Å²) in [5, 5.41) is 17.0. The molecular weight excluding hydrogens is 431 g/mol. The first-order valence-corrected chi connectivity index (χ1v) is 12.0. The zero-order valence-corrected chi connectivity index (χ0v) is 18.5. The number of anilines is 1. The summed E-state index contributed by atoms with van der Waals surface area (Å²) in [5.74, 6) is 1.04. The Kier molecular flexibility index (Phi) is 6.11. The van der Waals surface area contributed by atoms with Gasteiger partial charge >= 0.3 is 6.03 Å². The van der Waals surface area contributed by atoms with E-state index < -0.39 is 0 Å². The summed E-state index contributed by atoms with van der Waals surface area (Å²) in [7, 11) is 0. The molecule has 32 heavy (non-hydrogen) atoms. The molecule has 1 aliphatic heterocycles. The largest absolute Gasteiger partial charge is 0.339 e. The molecule has 8 nitrogen and oxygen atoms in total. The van der Waals surface area contributed by atoms with Crippen molar-refractivity contribution in [1.29, 1.82) is 0 Å². The number of nitrogens with zero attached hydrogens (tertiary/aromatic N) is 5. The predicted octanol–water partition coefficient (Wildman–Crippen LogP) is 5.19. The van der Waals surface area contributed by atoms with Crippen LogP contribution < -0.4 is 5.32 Å². The van der Waals surface area contributed by atoms with Gasteiger partial charge in [-0.05, 0) is 49.9 Å². The molecule has 1 N–H and O–H groups in total. The second-order valence-electron chi connectivity index (χ2n) is 8.46. The van der Waals surface area contributed by atoms with E-state index >= 15 is 0 Å². The molecule has 0 radical (unpaired) electrons. The Bertz CT molecular complexity index is 1060. The van der Waals surface area contributed by atoms with Crippen LogP contribution in [0.3, 0.4) is 0 Å². The first kappa shape index (κ1) is 21.0. The number of hydrogen-bond donors (Lipinski definition) is 1. The third-order valence-electron chi connectivity index (χ3n) is 6.21. The maximum Gasteiger partial charge on any atom is 0.323 e. The van der Waals surface area contributed by atoms with Crippen LogP contribution in [0.2, 0.25) is 0 Å². The van der Waals surface area contributed by atoms with Crippen molar-refractivity contribution in [3.8, 4) is 11.4 Å². The van der Waals surface area contributed by atoms with Crippen LogP contribution >= 0.6 is 11.3 Å². The van der Waals surface area contributed by atoms with E-state index in [1.165, 1.54) is 42.7 Å². The van der Waals surface area contributed by atoms with Crippen molar-refractivity contribution in [2.75, 3.05) is 18.4 Å². The molecule has 1 atom stereocenters. The fourth-order valence-electron chi connectivity index (χ4n) is 4.45.